The fourth-order valence-corrected chi connectivity index (χ4v) is 2.81. The Morgan fingerprint density at radius 1 is 1.17 bits per heavy atom. The van der Waals surface area contributed by atoms with Gasteiger partial charge >= 0.3 is 0 Å². The summed E-state index contributed by atoms with van der Waals surface area (Å²) in [5.74, 6) is 0.832. The second-order valence-electron chi connectivity index (χ2n) is 7.08. The lowest BCUT2D eigenvalue weighted by Crippen LogP contribution is -2.67. The van der Waals surface area contributed by atoms with Crippen molar-refractivity contribution in [1.82, 2.24) is 10.2 Å². The Bertz CT molecular complexity index is 251. The van der Waals surface area contributed by atoms with E-state index in [4.69, 9.17) is 0 Å². The van der Waals surface area contributed by atoms with Crippen LogP contribution >= 0.6 is 0 Å². The third kappa shape index (κ3) is 3.96. The first-order valence-electron chi connectivity index (χ1n) is 7.85. The number of rotatable bonds is 6. The Morgan fingerprint density at radius 2 is 1.83 bits per heavy atom. The lowest BCUT2D eigenvalue weighted by atomic mass is 9.85. The molecule has 2 heteroatoms. The maximum atomic E-state index is 3.77. The smallest absolute Gasteiger partial charge is 0.0304 e. The Morgan fingerprint density at radius 3 is 2.33 bits per heavy atom. The van der Waals surface area contributed by atoms with Gasteiger partial charge in [-0.15, -0.1) is 0 Å². The standard InChI is InChI=1S/C16H34N2/c1-7-15(5)13-18(11-9-10-14(3)4)16(6,8-2)12-17-15/h14,17H,7-13H2,1-6H3. The molecule has 0 saturated carbocycles. The largest absolute Gasteiger partial charge is 0.308 e. The van der Waals surface area contributed by atoms with Gasteiger partial charge < -0.3 is 5.32 Å². The van der Waals surface area contributed by atoms with Crippen LogP contribution in [-0.4, -0.2) is 35.6 Å². The molecule has 0 radical (unpaired) electrons. The van der Waals surface area contributed by atoms with Crippen LogP contribution in [0, 0.1) is 5.92 Å². The SMILES string of the molecule is CCC1(C)CN(CCCC(C)C)C(C)(CC)CN1. The highest BCUT2D eigenvalue weighted by molar-refractivity contribution is 5.00. The Kier molecular flexibility index (Phi) is 5.67. The molecule has 0 aromatic heterocycles. The molecule has 2 atom stereocenters. The minimum absolute atomic E-state index is 0.312. The molecule has 0 aromatic rings. The Hall–Kier alpha value is -0.0800. The highest BCUT2D eigenvalue weighted by atomic mass is 15.3. The van der Waals surface area contributed by atoms with Gasteiger partial charge in [-0.25, -0.2) is 0 Å². The van der Waals surface area contributed by atoms with E-state index in [1.807, 2.05) is 0 Å². The van der Waals surface area contributed by atoms with Crippen molar-refractivity contribution >= 4 is 0 Å². The molecule has 0 aliphatic carbocycles. The van der Waals surface area contributed by atoms with Gasteiger partial charge in [-0.3, -0.25) is 4.90 Å². The minimum atomic E-state index is 0.312. The van der Waals surface area contributed by atoms with Gasteiger partial charge in [0.15, 0.2) is 0 Å². The zero-order chi connectivity index (χ0) is 13.8. The second kappa shape index (κ2) is 6.38. The van der Waals surface area contributed by atoms with Crippen molar-refractivity contribution in [1.29, 1.82) is 0 Å². The van der Waals surface area contributed by atoms with E-state index in [0.29, 0.717) is 11.1 Å². The fourth-order valence-electron chi connectivity index (χ4n) is 2.81. The highest BCUT2D eigenvalue weighted by Gasteiger charge is 2.40. The molecule has 1 rings (SSSR count). The van der Waals surface area contributed by atoms with E-state index in [9.17, 15) is 0 Å². The molecule has 0 spiro atoms. The molecule has 1 aliphatic heterocycles. The van der Waals surface area contributed by atoms with Crippen LogP contribution in [0.5, 0.6) is 0 Å². The van der Waals surface area contributed by atoms with Crippen molar-refractivity contribution in [2.75, 3.05) is 19.6 Å². The van der Waals surface area contributed by atoms with Crippen LogP contribution in [0.15, 0.2) is 0 Å². The summed E-state index contributed by atoms with van der Waals surface area (Å²) in [7, 11) is 0. The van der Waals surface area contributed by atoms with Gasteiger partial charge in [-0.2, -0.15) is 0 Å². The Balaban J connectivity index is 2.61. The summed E-state index contributed by atoms with van der Waals surface area (Å²) in [4.78, 5) is 2.75. The lowest BCUT2D eigenvalue weighted by molar-refractivity contribution is 0.0153. The van der Waals surface area contributed by atoms with Crippen LogP contribution in [0.1, 0.15) is 67.2 Å². The Labute approximate surface area is 115 Å². The quantitative estimate of drug-likeness (QED) is 0.778. The molecule has 1 aliphatic rings. The van der Waals surface area contributed by atoms with Gasteiger partial charge in [0.1, 0.15) is 0 Å². The molecule has 0 amide bonds. The van der Waals surface area contributed by atoms with E-state index in [0.717, 1.165) is 12.5 Å². The van der Waals surface area contributed by atoms with Crippen molar-refractivity contribution < 1.29 is 0 Å². The molecular weight excluding hydrogens is 220 g/mol. The molecule has 1 heterocycles. The predicted molar refractivity (Wildman–Crippen MR) is 81.0 cm³/mol. The van der Waals surface area contributed by atoms with Crippen LogP contribution in [0.2, 0.25) is 0 Å². The van der Waals surface area contributed by atoms with E-state index in [1.165, 1.54) is 38.8 Å². The van der Waals surface area contributed by atoms with Gasteiger partial charge in [0.05, 0.1) is 0 Å². The van der Waals surface area contributed by atoms with Gasteiger partial charge in [0.2, 0.25) is 0 Å². The summed E-state index contributed by atoms with van der Waals surface area (Å²) < 4.78 is 0. The number of piperazine rings is 1. The average molecular weight is 254 g/mol. The summed E-state index contributed by atoms with van der Waals surface area (Å²) in [5, 5.41) is 3.77. The number of nitrogens with one attached hydrogen (secondary N) is 1. The zero-order valence-corrected chi connectivity index (χ0v) is 13.5. The summed E-state index contributed by atoms with van der Waals surface area (Å²) in [6.07, 6.45) is 5.15. The summed E-state index contributed by atoms with van der Waals surface area (Å²) >= 11 is 0. The number of hydrogen-bond acceptors (Lipinski definition) is 2. The molecule has 108 valence electrons. The monoisotopic (exact) mass is 254 g/mol. The third-order valence-corrected chi connectivity index (χ3v) is 4.95. The molecular formula is C16H34N2. The molecule has 0 bridgehead atoms. The maximum absolute atomic E-state index is 3.77. The van der Waals surface area contributed by atoms with Crippen molar-refractivity contribution in [2.24, 2.45) is 5.92 Å². The fraction of sp³-hybridized carbons (Fsp3) is 1.00. The van der Waals surface area contributed by atoms with Crippen LogP contribution in [0.3, 0.4) is 0 Å². The maximum Gasteiger partial charge on any atom is 0.0304 e. The molecule has 1 N–H and O–H groups in total. The zero-order valence-electron chi connectivity index (χ0n) is 13.5. The summed E-state index contributed by atoms with van der Waals surface area (Å²) in [5.41, 5.74) is 0.665. The first kappa shape index (κ1) is 16.0. The van der Waals surface area contributed by atoms with E-state index < -0.39 is 0 Å². The van der Waals surface area contributed by atoms with E-state index in [-0.39, 0.29) is 0 Å². The highest BCUT2D eigenvalue weighted by Crippen LogP contribution is 2.28. The van der Waals surface area contributed by atoms with E-state index in [1.54, 1.807) is 0 Å². The van der Waals surface area contributed by atoms with Crippen LogP contribution < -0.4 is 5.32 Å². The predicted octanol–water partition coefficient (Wildman–Crippen LogP) is 3.67. The summed E-state index contributed by atoms with van der Waals surface area (Å²) in [6, 6.07) is 0. The van der Waals surface area contributed by atoms with E-state index in [2.05, 4.69) is 51.8 Å². The number of hydrogen-bond donors (Lipinski definition) is 1. The molecule has 2 nitrogen and oxygen atoms in total. The average Bonchev–Trinajstić information content (AvgIpc) is 2.34. The van der Waals surface area contributed by atoms with Crippen LogP contribution in [0.4, 0.5) is 0 Å². The normalized spacial score (nSPS) is 34.2. The van der Waals surface area contributed by atoms with Crippen molar-refractivity contribution in [3.8, 4) is 0 Å². The number of nitrogens with zero attached hydrogens (tertiary/aromatic N) is 1. The van der Waals surface area contributed by atoms with Crippen molar-refractivity contribution in [3.05, 3.63) is 0 Å². The molecule has 2 unspecified atom stereocenters. The minimum Gasteiger partial charge on any atom is -0.308 e. The van der Waals surface area contributed by atoms with Gasteiger partial charge in [0, 0.05) is 24.2 Å². The van der Waals surface area contributed by atoms with Gasteiger partial charge in [-0.1, -0.05) is 27.7 Å². The lowest BCUT2D eigenvalue weighted by Gasteiger charge is -2.52. The van der Waals surface area contributed by atoms with Crippen molar-refractivity contribution in [3.63, 3.8) is 0 Å². The van der Waals surface area contributed by atoms with Crippen LogP contribution in [-0.2, 0) is 0 Å². The van der Waals surface area contributed by atoms with Crippen LogP contribution in [0.25, 0.3) is 0 Å². The topological polar surface area (TPSA) is 15.3 Å². The van der Waals surface area contributed by atoms with Gasteiger partial charge in [0.25, 0.3) is 0 Å². The first-order chi connectivity index (χ1) is 8.35. The molecule has 0 aromatic carbocycles. The third-order valence-electron chi connectivity index (χ3n) is 4.95. The van der Waals surface area contributed by atoms with Gasteiger partial charge in [-0.05, 0) is 52.0 Å². The van der Waals surface area contributed by atoms with Crippen molar-refractivity contribution in [2.45, 2.75) is 78.3 Å². The summed E-state index contributed by atoms with van der Waals surface area (Å²) in [6.45, 7) is 17.7. The first-order valence-corrected chi connectivity index (χ1v) is 7.85. The molecule has 1 saturated heterocycles. The molecule has 1 fully saturated rings. The van der Waals surface area contributed by atoms with E-state index >= 15 is 0 Å². The second-order valence-corrected chi connectivity index (χ2v) is 7.08. The molecule has 18 heavy (non-hydrogen) atoms.